The van der Waals surface area contributed by atoms with Crippen LogP contribution in [0.2, 0.25) is 0 Å². The van der Waals surface area contributed by atoms with Crippen molar-refractivity contribution in [3.8, 4) is 0 Å². The zero-order chi connectivity index (χ0) is 11.5. The third-order valence-corrected chi connectivity index (χ3v) is 2.84. The monoisotopic (exact) mass is 221 g/mol. The van der Waals surface area contributed by atoms with Crippen molar-refractivity contribution in [2.45, 2.75) is 12.5 Å². The number of nitrogen functional groups attached to an aromatic ring is 1. The highest BCUT2D eigenvalue weighted by atomic mass is 16.5. The molecule has 0 spiro atoms. The molecule has 4 N–H and O–H groups in total. The van der Waals surface area contributed by atoms with Crippen LogP contribution in [0.5, 0.6) is 0 Å². The number of aromatic nitrogens is 1. The van der Waals surface area contributed by atoms with Crippen molar-refractivity contribution in [2.24, 2.45) is 11.7 Å². The van der Waals surface area contributed by atoms with Gasteiger partial charge in [0.15, 0.2) is 0 Å². The Balaban J connectivity index is 2.05. The van der Waals surface area contributed by atoms with E-state index in [1.54, 1.807) is 18.5 Å². The summed E-state index contributed by atoms with van der Waals surface area (Å²) < 4.78 is 5.17. The first kappa shape index (κ1) is 11.0. The maximum absolute atomic E-state index is 11.9. The van der Waals surface area contributed by atoms with Gasteiger partial charge in [0.25, 0.3) is 0 Å². The molecule has 1 saturated heterocycles. The molecule has 5 heteroatoms. The Morgan fingerprint density at radius 3 is 3.00 bits per heavy atom. The molecule has 2 atom stereocenters. The van der Waals surface area contributed by atoms with Gasteiger partial charge in [-0.05, 0) is 6.07 Å². The standard InChI is InChI=1S/C11H15N3O2/c12-9-1-2-14-4-7(9)3-11(15)8-5-16-6-10(8)13/h1-2,4,8,10H,3,5-6,13H2,(H2,12,14). The molecule has 0 saturated carbocycles. The highest BCUT2D eigenvalue weighted by Crippen LogP contribution is 2.17. The van der Waals surface area contributed by atoms with E-state index in [4.69, 9.17) is 16.2 Å². The van der Waals surface area contributed by atoms with Crippen LogP contribution in [0.4, 0.5) is 5.69 Å². The summed E-state index contributed by atoms with van der Waals surface area (Å²) >= 11 is 0. The second-order valence-electron chi connectivity index (χ2n) is 4.03. The molecule has 0 bridgehead atoms. The molecule has 1 aliphatic rings. The summed E-state index contributed by atoms with van der Waals surface area (Å²) in [6.45, 7) is 0.874. The number of Topliss-reactive ketones (excluding diaryl/α,β-unsaturated/α-hetero) is 1. The van der Waals surface area contributed by atoms with E-state index in [0.29, 0.717) is 18.9 Å². The first-order valence-corrected chi connectivity index (χ1v) is 5.23. The molecular weight excluding hydrogens is 206 g/mol. The minimum Gasteiger partial charge on any atom is -0.398 e. The molecule has 0 amide bonds. The maximum Gasteiger partial charge on any atom is 0.144 e. The summed E-state index contributed by atoms with van der Waals surface area (Å²) in [4.78, 5) is 15.9. The summed E-state index contributed by atoms with van der Waals surface area (Å²) in [5.74, 6) is -0.135. The molecule has 2 rings (SSSR count). The molecular formula is C11H15N3O2. The van der Waals surface area contributed by atoms with E-state index in [9.17, 15) is 4.79 Å². The third-order valence-electron chi connectivity index (χ3n) is 2.84. The van der Waals surface area contributed by atoms with Gasteiger partial charge in [-0.1, -0.05) is 0 Å². The molecule has 1 fully saturated rings. The fraction of sp³-hybridized carbons (Fsp3) is 0.455. The number of nitrogens with zero attached hydrogens (tertiary/aromatic N) is 1. The number of anilines is 1. The van der Waals surface area contributed by atoms with Crippen LogP contribution in [0.25, 0.3) is 0 Å². The Labute approximate surface area is 93.8 Å². The Hall–Kier alpha value is -1.46. The molecule has 86 valence electrons. The zero-order valence-corrected chi connectivity index (χ0v) is 8.93. The topological polar surface area (TPSA) is 91.2 Å². The van der Waals surface area contributed by atoms with Gasteiger partial charge in [-0.25, -0.2) is 0 Å². The molecule has 5 nitrogen and oxygen atoms in total. The smallest absolute Gasteiger partial charge is 0.144 e. The van der Waals surface area contributed by atoms with Gasteiger partial charge in [0, 0.05) is 36.1 Å². The lowest BCUT2D eigenvalue weighted by atomic mass is 9.94. The van der Waals surface area contributed by atoms with E-state index in [1.165, 1.54) is 0 Å². The Morgan fingerprint density at radius 1 is 1.56 bits per heavy atom. The summed E-state index contributed by atoms with van der Waals surface area (Å²) in [6, 6.07) is 1.50. The van der Waals surface area contributed by atoms with Crippen molar-refractivity contribution in [1.29, 1.82) is 0 Å². The largest absolute Gasteiger partial charge is 0.398 e. The molecule has 1 aliphatic heterocycles. The molecule has 1 aromatic heterocycles. The minimum absolute atomic E-state index is 0.0738. The van der Waals surface area contributed by atoms with Gasteiger partial charge in [0.05, 0.1) is 19.1 Å². The van der Waals surface area contributed by atoms with Crippen LogP contribution >= 0.6 is 0 Å². The molecule has 2 heterocycles. The lowest BCUT2D eigenvalue weighted by Gasteiger charge is -2.12. The highest BCUT2D eigenvalue weighted by molar-refractivity contribution is 5.85. The number of pyridine rings is 1. The van der Waals surface area contributed by atoms with Crippen molar-refractivity contribution in [2.75, 3.05) is 18.9 Å². The lowest BCUT2D eigenvalue weighted by molar-refractivity contribution is -0.122. The van der Waals surface area contributed by atoms with Gasteiger partial charge in [0.2, 0.25) is 0 Å². The van der Waals surface area contributed by atoms with E-state index in [2.05, 4.69) is 4.98 Å². The maximum atomic E-state index is 11.9. The second-order valence-corrected chi connectivity index (χ2v) is 4.03. The number of ketones is 1. The van der Waals surface area contributed by atoms with Gasteiger partial charge in [0.1, 0.15) is 5.78 Å². The summed E-state index contributed by atoms with van der Waals surface area (Å²) in [5, 5.41) is 0. The summed E-state index contributed by atoms with van der Waals surface area (Å²) in [7, 11) is 0. The quantitative estimate of drug-likeness (QED) is 0.734. The Kier molecular flexibility index (Phi) is 3.17. The number of rotatable bonds is 3. The number of ether oxygens (including phenoxy) is 1. The molecule has 0 aromatic carbocycles. The number of carbonyl (C=O) groups is 1. The van der Waals surface area contributed by atoms with E-state index in [1.807, 2.05) is 0 Å². The normalized spacial score (nSPS) is 24.6. The van der Waals surface area contributed by atoms with Gasteiger partial charge in [-0.3, -0.25) is 9.78 Å². The van der Waals surface area contributed by atoms with Crippen LogP contribution < -0.4 is 11.5 Å². The van der Waals surface area contributed by atoms with Gasteiger partial charge in [-0.15, -0.1) is 0 Å². The summed E-state index contributed by atoms with van der Waals surface area (Å²) in [5.41, 5.74) is 12.9. The summed E-state index contributed by atoms with van der Waals surface area (Å²) in [6.07, 6.45) is 3.50. The number of hydrogen-bond donors (Lipinski definition) is 2. The van der Waals surface area contributed by atoms with Crippen LogP contribution in [0, 0.1) is 5.92 Å². The van der Waals surface area contributed by atoms with Gasteiger partial charge in [-0.2, -0.15) is 0 Å². The number of nitrogens with two attached hydrogens (primary N) is 2. The zero-order valence-electron chi connectivity index (χ0n) is 8.93. The van der Waals surface area contributed by atoms with Crippen molar-refractivity contribution >= 4 is 11.5 Å². The van der Waals surface area contributed by atoms with Crippen molar-refractivity contribution in [1.82, 2.24) is 4.98 Å². The predicted octanol–water partition coefficient (Wildman–Crippen LogP) is -0.251. The lowest BCUT2D eigenvalue weighted by Crippen LogP contribution is -2.35. The second kappa shape index (κ2) is 4.59. The number of hydrogen-bond acceptors (Lipinski definition) is 5. The minimum atomic E-state index is -0.209. The van der Waals surface area contributed by atoms with Crippen LogP contribution in [0.3, 0.4) is 0 Å². The van der Waals surface area contributed by atoms with Gasteiger partial charge >= 0.3 is 0 Å². The Bertz CT molecular complexity index is 395. The fourth-order valence-corrected chi connectivity index (χ4v) is 1.81. The first-order valence-electron chi connectivity index (χ1n) is 5.23. The SMILES string of the molecule is Nc1ccncc1CC(=O)C1COCC1N. The molecule has 0 radical (unpaired) electrons. The van der Waals surface area contributed by atoms with Crippen LogP contribution in [0.15, 0.2) is 18.5 Å². The van der Waals surface area contributed by atoms with Crippen LogP contribution in [0.1, 0.15) is 5.56 Å². The van der Waals surface area contributed by atoms with Crippen molar-refractivity contribution in [3.05, 3.63) is 24.0 Å². The average molecular weight is 221 g/mol. The van der Waals surface area contributed by atoms with Crippen LogP contribution in [-0.2, 0) is 16.0 Å². The fourth-order valence-electron chi connectivity index (χ4n) is 1.81. The van der Waals surface area contributed by atoms with Crippen molar-refractivity contribution in [3.63, 3.8) is 0 Å². The molecule has 0 aliphatic carbocycles. The van der Waals surface area contributed by atoms with Crippen molar-refractivity contribution < 1.29 is 9.53 Å². The highest BCUT2D eigenvalue weighted by Gasteiger charge is 2.31. The van der Waals surface area contributed by atoms with E-state index in [0.717, 1.165) is 5.56 Å². The first-order chi connectivity index (χ1) is 7.68. The molecule has 16 heavy (non-hydrogen) atoms. The third kappa shape index (κ3) is 2.20. The van der Waals surface area contributed by atoms with E-state index >= 15 is 0 Å². The van der Waals surface area contributed by atoms with Crippen LogP contribution in [-0.4, -0.2) is 30.0 Å². The average Bonchev–Trinajstić information content (AvgIpc) is 2.68. The number of carbonyl (C=O) groups excluding carboxylic acids is 1. The van der Waals surface area contributed by atoms with Gasteiger partial charge < -0.3 is 16.2 Å². The predicted molar refractivity (Wildman–Crippen MR) is 59.6 cm³/mol. The molecule has 2 unspecified atom stereocenters. The molecule has 1 aromatic rings. The van der Waals surface area contributed by atoms with E-state index < -0.39 is 0 Å². The van der Waals surface area contributed by atoms with E-state index in [-0.39, 0.29) is 24.2 Å². The Morgan fingerprint density at radius 2 is 2.38 bits per heavy atom.